The van der Waals surface area contributed by atoms with Crippen molar-refractivity contribution in [3.05, 3.63) is 70.6 Å². The minimum absolute atomic E-state index is 0.0653. The molecule has 12 nitrogen and oxygen atoms in total. The van der Waals surface area contributed by atoms with Gasteiger partial charge in [-0.2, -0.15) is 8.78 Å². The van der Waals surface area contributed by atoms with Gasteiger partial charge in [-0.15, -0.1) is 11.3 Å². The van der Waals surface area contributed by atoms with E-state index < -0.39 is 42.7 Å². The number of morpholine rings is 1. The van der Waals surface area contributed by atoms with Gasteiger partial charge in [-0.1, -0.05) is 36.4 Å². The Morgan fingerprint density at radius 3 is 2.50 bits per heavy atom. The van der Waals surface area contributed by atoms with E-state index in [2.05, 4.69) is 5.32 Å². The van der Waals surface area contributed by atoms with Crippen LogP contribution in [0.1, 0.15) is 53.0 Å². The van der Waals surface area contributed by atoms with Crippen LogP contribution in [-0.2, 0) is 29.3 Å². The number of nitrogens with one attached hydrogen (secondary N) is 1. The van der Waals surface area contributed by atoms with Gasteiger partial charge in [-0.05, 0) is 48.4 Å². The summed E-state index contributed by atoms with van der Waals surface area (Å²) in [7, 11) is -5.80. The Morgan fingerprint density at radius 1 is 1.04 bits per heavy atom. The first-order valence-electron chi connectivity index (χ1n) is 15.6. The Kier molecular flexibility index (Phi) is 9.44. The Balaban J connectivity index is 1.26. The maximum atomic E-state index is 14.4. The number of rotatable bonds is 6. The lowest BCUT2D eigenvalue weighted by atomic mass is 10.0. The molecule has 4 atom stereocenters. The Labute approximate surface area is 278 Å². The highest BCUT2D eigenvalue weighted by molar-refractivity contribution is 7.52. The Hall–Kier alpha value is -3.75. The van der Waals surface area contributed by atoms with Crippen LogP contribution in [0, 0.1) is 0 Å². The van der Waals surface area contributed by atoms with Crippen molar-refractivity contribution in [3.8, 4) is 0 Å². The molecular weight excluding hydrogens is 669 g/mol. The highest BCUT2D eigenvalue weighted by atomic mass is 32.1. The van der Waals surface area contributed by atoms with Crippen molar-refractivity contribution in [2.24, 2.45) is 0 Å². The second-order valence-electron chi connectivity index (χ2n) is 12.3. The van der Waals surface area contributed by atoms with Crippen LogP contribution in [0.2, 0.25) is 0 Å². The van der Waals surface area contributed by atoms with Gasteiger partial charge >= 0.3 is 13.3 Å². The zero-order valence-corrected chi connectivity index (χ0v) is 27.7. The third kappa shape index (κ3) is 6.49. The second-order valence-corrected chi connectivity index (χ2v) is 15.0. The molecule has 3 aromatic rings. The molecule has 0 saturated carbocycles. The van der Waals surface area contributed by atoms with E-state index in [4.69, 9.17) is 14.5 Å². The van der Waals surface area contributed by atoms with Crippen LogP contribution in [0.3, 0.4) is 0 Å². The molecule has 1 aromatic heterocycles. The maximum absolute atomic E-state index is 14.4. The van der Waals surface area contributed by atoms with E-state index in [1.807, 2.05) is 30.3 Å². The van der Waals surface area contributed by atoms with Gasteiger partial charge in [-0.25, -0.2) is 0 Å². The summed E-state index contributed by atoms with van der Waals surface area (Å²) < 4.78 is 46.2. The van der Waals surface area contributed by atoms with Crippen molar-refractivity contribution >= 4 is 52.6 Å². The van der Waals surface area contributed by atoms with Gasteiger partial charge in [0.2, 0.25) is 17.7 Å². The predicted molar refractivity (Wildman–Crippen MR) is 171 cm³/mol. The van der Waals surface area contributed by atoms with Crippen molar-refractivity contribution in [1.29, 1.82) is 0 Å². The average molecular weight is 705 g/mol. The molecule has 0 radical (unpaired) electrons. The smallest absolute Gasteiger partial charge is 0.377 e. The van der Waals surface area contributed by atoms with Crippen LogP contribution in [0.15, 0.2) is 54.6 Å². The SMILES string of the molecule is CC(=O)N1CC[C@H]2CC[C@@H](C(=O)N3CCOC[C@H]3c3ccccc3)N2C(=O)[C@@H](NC(=O)c2cc3cc(C(F)(F)P(=O)(O)O)ccc3s2)C1. The van der Waals surface area contributed by atoms with Gasteiger partial charge in [0.1, 0.15) is 12.1 Å². The standard InChI is InChI=1S/C32H35F2N4O8PS/c1-19(39)36-12-11-23-8-9-25(31(42)37-13-14-46-18-26(37)20-5-3-2-4-6-20)38(23)30(41)24(17-36)35-29(40)28-16-21-15-22(7-10-27(21)48-28)32(33,34)47(43,44)45/h2-7,10,15-16,23-26H,8-9,11-14,17-18H2,1H3,(H,35,40)(H2,43,44,45)/t23-,24+,25+,26+/m1/s1. The summed E-state index contributed by atoms with van der Waals surface area (Å²) in [5.41, 5.74) is -4.40. The van der Waals surface area contributed by atoms with Crippen molar-refractivity contribution in [2.45, 2.75) is 56.0 Å². The lowest BCUT2D eigenvalue weighted by molar-refractivity contribution is -0.153. The van der Waals surface area contributed by atoms with Gasteiger partial charge < -0.3 is 34.5 Å². The first kappa shape index (κ1) is 34.1. The number of amides is 4. The largest absolute Gasteiger partial charge is 0.399 e. The van der Waals surface area contributed by atoms with Crippen LogP contribution in [0.5, 0.6) is 0 Å². The third-order valence-electron chi connectivity index (χ3n) is 9.28. The number of hydrogen-bond donors (Lipinski definition) is 3. The molecule has 3 aliphatic rings. The number of carbonyl (C=O) groups is 4. The van der Waals surface area contributed by atoms with E-state index in [0.29, 0.717) is 50.3 Å². The molecule has 2 aromatic carbocycles. The number of nitrogens with zero attached hydrogens (tertiary/aromatic N) is 3. The first-order chi connectivity index (χ1) is 22.8. The molecule has 3 N–H and O–H groups in total. The number of halogens is 2. The molecule has 4 heterocycles. The molecule has 0 spiro atoms. The molecule has 0 aliphatic carbocycles. The molecule has 48 heavy (non-hydrogen) atoms. The fraction of sp³-hybridized carbons (Fsp3) is 0.438. The minimum Gasteiger partial charge on any atom is -0.377 e. The van der Waals surface area contributed by atoms with Gasteiger partial charge in [0.05, 0.1) is 24.1 Å². The molecule has 16 heteroatoms. The van der Waals surface area contributed by atoms with Crippen LogP contribution in [-0.4, -0.2) is 99.1 Å². The zero-order valence-electron chi connectivity index (χ0n) is 26.0. The summed E-state index contributed by atoms with van der Waals surface area (Å²) in [6.07, 6.45) is 1.44. The number of benzene rings is 2. The molecule has 6 rings (SSSR count). The lowest BCUT2D eigenvalue weighted by Gasteiger charge is -2.42. The number of fused-ring (bicyclic) bond motifs is 2. The molecule has 3 fully saturated rings. The van der Waals surface area contributed by atoms with Crippen LogP contribution >= 0.6 is 18.9 Å². The van der Waals surface area contributed by atoms with Crippen molar-refractivity contribution in [1.82, 2.24) is 20.0 Å². The monoisotopic (exact) mass is 704 g/mol. The van der Waals surface area contributed by atoms with Crippen LogP contribution in [0.4, 0.5) is 8.78 Å². The van der Waals surface area contributed by atoms with E-state index in [9.17, 15) is 32.5 Å². The van der Waals surface area contributed by atoms with Crippen molar-refractivity contribution in [3.63, 3.8) is 0 Å². The van der Waals surface area contributed by atoms with Crippen molar-refractivity contribution in [2.75, 3.05) is 32.8 Å². The molecule has 256 valence electrons. The van der Waals surface area contributed by atoms with Gasteiger partial charge in [0, 0.05) is 42.9 Å². The summed E-state index contributed by atoms with van der Waals surface area (Å²) in [6, 6.07) is 11.3. The number of alkyl halides is 2. The van der Waals surface area contributed by atoms with E-state index in [1.165, 1.54) is 24.0 Å². The van der Waals surface area contributed by atoms with Crippen LogP contribution < -0.4 is 5.32 Å². The Morgan fingerprint density at radius 2 is 1.79 bits per heavy atom. The normalized spacial score (nSPS) is 23.9. The highest BCUT2D eigenvalue weighted by Crippen LogP contribution is 2.59. The Bertz CT molecular complexity index is 1790. The summed E-state index contributed by atoms with van der Waals surface area (Å²) in [5.74, 6) is -1.67. The van der Waals surface area contributed by atoms with E-state index >= 15 is 0 Å². The molecule has 3 aliphatic heterocycles. The number of hydrogen-bond acceptors (Lipinski definition) is 7. The quantitative estimate of drug-likeness (QED) is 0.330. The zero-order chi connectivity index (χ0) is 34.4. The van der Waals surface area contributed by atoms with E-state index in [-0.39, 0.29) is 40.7 Å². The lowest BCUT2D eigenvalue weighted by Crippen LogP contribution is -2.61. The maximum Gasteiger partial charge on any atom is 0.399 e. The third-order valence-corrected chi connectivity index (χ3v) is 11.4. The second kappa shape index (κ2) is 13.3. The molecular formula is C32H35F2N4O8PS. The molecule has 4 amide bonds. The topological polar surface area (TPSA) is 157 Å². The minimum atomic E-state index is -5.80. The summed E-state index contributed by atoms with van der Waals surface area (Å²) >= 11 is 0.951. The summed E-state index contributed by atoms with van der Waals surface area (Å²) in [4.78, 5) is 77.7. The summed E-state index contributed by atoms with van der Waals surface area (Å²) in [6.45, 7) is 2.60. The number of carbonyl (C=O) groups excluding carboxylic acids is 4. The van der Waals surface area contributed by atoms with E-state index in [1.54, 1.807) is 9.80 Å². The molecule has 0 bridgehead atoms. The summed E-state index contributed by atoms with van der Waals surface area (Å²) in [5, 5.41) is 2.88. The average Bonchev–Trinajstić information content (AvgIpc) is 3.68. The fourth-order valence-electron chi connectivity index (χ4n) is 6.76. The van der Waals surface area contributed by atoms with Crippen molar-refractivity contribution < 1.29 is 47.0 Å². The first-order valence-corrected chi connectivity index (χ1v) is 18.0. The predicted octanol–water partition coefficient (Wildman–Crippen LogP) is 3.44. The molecule has 0 unspecified atom stereocenters. The fourth-order valence-corrected chi connectivity index (χ4v) is 8.18. The highest BCUT2D eigenvalue weighted by Gasteiger charge is 2.51. The molecule has 3 saturated heterocycles. The van der Waals surface area contributed by atoms with E-state index in [0.717, 1.165) is 29.0 Å². The van der Waals surface area contributed by atoms with Gasteiger partial charge in [-0.3, -0.25) is 23.7 Å². The number of thiophene rings is 1. The van der Waals surface area contributed by atoms with Gasteiger partial charge in [0.15, 0.2) is 0 Å². The van der Waals surface area contributed by atoms with Crippen LogP contribution in [0.25, 0.3) is 10.1 Å². The van der Waals surface area contributed by atoms with Gasteiger partial charge in [0.25, 0.3) is 5.91 Å². The number of ether oxygens (including phenoxy) is 1.